The maximum absolute atomic E-state index is 12.3. The zero-order valence-electron chi connectivity index (χ0n) is 11.7. The Morgan fingerprint density at radius 3 is 2.71 bits per heavy atom. The average Bonchev–Trinajstić information content (AvgIpc) is 2.84. The summed E-state index contributed by atoms with van der Waals surface area (Å²) in [5.41, 5.74) is 0.438. The first-order valence-corrected chi connectivity index (χ1v) is 9.07. The van der Waals surface area contributed by atoms with Crippen molar-refractivity contribution in [2.75, 3.05) is 6.61 Å². The Morgan fingerprint density at radius 1 is 1.48 bits per heavy atom. The van der Waals surface area contributed by atoms with E-state index < -0.39 is 21.1 Å². The molecular formula is C13H14ClNO4S2. The third kappa shape index (κ3) is 2.77. The van der Waals surface area contributed by atoms with Crippen LogP contribution in [0.2, 0.25) is 5.02 Å². The standard InChI is InChI=1S/C13H14ClNO4S2/c1-4-19-13(16)8-5-15-11-9(21(17,18)7(2)3)6-20-12(11)10(8)14/h5-7H,4H2,1-3H3. The molecule has 0 saturated carbocycles. The van der Waals surface area contributed by atoms with Gasteiger partial charge in [-0.3, -0.25) is 4.98 Å². The number of sulfone groups is 1. The molecule has 114 valence electrons. The Labute approximate surface area is 131 Å². The van der Waals surface area contributed by atoms with E-state index in [1.54, 1.807) is 20.8 Å². The van der Waals surface area contributed by atoms with Gasteiger partial charge in [-0.05, 0) is 20.8 Å². The summed E-state index contributed by atoms with van der Waals surface area (Å²) in [4.78, 5) is 16.0. The van der Waals surface area contributed by atoms with Gasteiger partial charge in [-0.2, -0.15) is 0 Å². The summed E-state index contributed by atoms with van der Waals surface area (Å²) in [5, 5.41) is 1.13. The number of ether oxygens (including phenoxy) is 1. The molecule has 0 fully saturated rings. The summed E-state index contributed by atoms with van der Waals surface area (Å²) >= 11 is 7.34. The lowest BCUT2D eigenvalue weighted by Crippen LogP contribution is -2.13. The Hall–Kier alpha value is -1.18. The van der Waals surface area contributed by atoms with Crippen molar-refractivity contribution < 1.29 is 17.9 Å². The summed E-state index contributed by atoms with van der Waals surface area (Å²) in [5.74, 6) is -0.571. The third-order valence-electron chi connectivity index (χ3n) is 2.91. The van der Waals surface area contributed by atoms with Crippen molar-refractivity contribution in [2.45, 2.75) is 30.9 Å². The van der Waals surface area contributed by atoms with Crippen LogP contribution in [-0.2, 0) is 14.6 Å². The van der Waals surface area contributed by atoms with Gasteiger partial charge in [0.2, 0.25) is 0 Å². The number of nitrogens with zero attached hydrogens (tertiary/aromatic N) is 1. The number of halogens is 1. The van der Waals surface area contributed by atoms with E-state index in [-0.39, 0.29) is 22.1 Å². The summed E-state index contributed by atoms with van der Waals surface area (Å²) < 4.78 is 29.9. The number of pyridine rings is 1. The molecule has 0 atom stereocenters. The fourth-order valence-electron chi connectivity index (χ4n) is 1.73. The molecule has 0 spiro atoms. The van der Waals surface area contributed by atoms with Crippen molar-refractivity contribution in [2.24, 2.45) is 0 Å². The molecule has 0 aromatic carbocycles. The van der Waals surface area contributed by atoms with E-state index in [4.69, 9.17) is 16.3 Å². The Balaban J connectivity index is 2.64. The molecule has 2 aromatic rings. The van der Waals surface area contributed by atoms with E-state index in [2.05, 4.69) is 4.98 Å². The van der Waals surface area contributed by atoms with Crippen molar-refractivity contribution in [3.63, 3.8) is 0 Å². The molecule has 0 aliphatic rings. The van der Waals surface area contributed by atoms with Crippen LogP contribution in [0.15, 0.2) is 16.5 Å². The van der Waals surface area contributed by atoms with Gasteiger partial charge in [0.1, 0.15) is 10.4 Å². The molecule has 0 aliphatic carbocycles. The molecule has 0 saturated heterocycles. The first kappa shape index (κ1) is 16.2. The number of carbonyl (C=O) groups is 1. The summed E-state index contributed by atoms with van der Waals surface area (Å²) in [6, 6.07) is 0. The van der Waals surface area contributed by atoms with Crippen molar-refractivity contribution in [3.8, 4) is 0 Å². The van der Waals surface area contributed by atoms with Gasteiger partial charge in [-0.1, -0.05) is 11.6 Å². The molecule has 21 heavy (non-hydrogen) atoms. The Kier molecular flexibility index (Phi) is 4.55. The van der Waals surface area contributed by atoms with E-state index in [0.717, 1.165) is 11.3 Å². The minimum Gasteiger partial charge on any atom is -0.462 e. The lowest BCUT2D eigenvalue weighted by atomic mass is 10.2. The molecule has 0 bridgehead atoms. The number of rotatable bonds is 4. The number of aromatic nitrogens is 1. The summed E-state index contributed by atoms with van der Waals surface area (Å²) in [7, 11) is -3.45. The van der Waals surface area contributed by atoms with Crippen molar-refractivity contribution in [3.05, 3.63) is 22.2 Å². The minimum absolute atomic E-state index is 0.140. The van der Waals surface area contributed by atoms with Gasteiger partial charge in [-0.15, -0.1) is 11.3 Å². The van der Waals surface area contributed by atoms with Gasteiger partial charge >= 0.3 is 5.97 Å². The van der Waals surface area contributed by atoms with Crippen molar-refractivity contribution in [1.29, 1.82) is 0 Å². The van der Waals surface area contributed by atoms with E-state index in [9.17, 15) is 13.2 Å². The molecular weight excluding hydrogens is 334 g/mol. The van der Waals surface area contributed by atoms with Crippen LogP contribution in [0, 0.1) is 0 Å². The number of fused-ring (bicyclic) bond motifs is 1. The molecule has 2 heterocycles. The summed E-state index contributed by atoms with van der Waals surface area (Å²) in [6.07, 6.45) is 1.26. The first-order valence-electron chi connectivity index (χ1n) is 6.27. The van der Waals surface area contributed by atoms with Crippen LogP contribution in [0.5, 0.6) is 0 Å². The first-order chi connectivity index (χ1) is 9.80. The molecule has 5 nitrogen and oxygen atoms in total. The summed E-state index contributed by atoms with van der Waals surface area (Å²) in [6.45, 7) is 5.13. The number of carbonyl (C=O) groups excluding carboxylic acids is 1. The predicted molar refractivity (Wildman–Crippen MR) is 82.9 cm³/mol. The lowest BCUT2D eigenvalue weighted by Gasteiger charge is -2.07. The molecule has 8 heteroatoms. The predicted octanol–water partition coefficient (Wildman–Crippen LogP) is 3.31. The van der Waals surface area contributed by atoms with Gasteiger partial charge in [0.15, 0.2) is 9.84 Å². The smallest absolute Gasteiger partial charge is 0.341 e. The molecule has 0 aliphatic heterocycles. The molecule has 2 aromatic heterocycles. The quantitative estimate of drug-likeness (QED) is 0.793. The fraction of sp³-hybridized carbons (Fsp3) is 0.385. The molecule has 0 N–H and O–H groups in total. The third-order valence-corrected chi connectivity index (χ3v) is 6.72. The van der Waals surface area contributed by atoms with Crippen LogP contribution in [0.3, 0.4) is 0 Å². The second-order valence-electron chi connectivity index (χ2n) is 4.58. The second-order valence-corrected chi connectivity index (χ2v) is 8.31. The molecule has 2 rings (SSSR count). The highest BCUT2D eigenvalue weighted by Crippen LogP contribution is 2.36. The van der Waals surface area contributed by atoms with Crippen molar-refractivity contribution in [1.82, 2.24) is 4.98 Å². The van der Waals surface area contributed by atoms with Crippen LogP contribution < -0.4 is 0 Å². The van der Waals surface area contributed by atoms with E-state index in [1.165, 1.54) is 11.6 Å². The number of hydrogen-bond acceptors (Lipinski definition) is 6. The average molecular weight is 348 g/mol. The van der Waals surface area contributed by atoms with E-state index in [1.807, 2.05) is 0 Å². The minimum atomic E-state index is -3.45. The largest absolute Gasteiger partial charge is 0.462 e. The molecule has 0 amide bonds. The van der Waals surface area contributed by atoms with Crippen LogP contribution in [0.1, 0.15) is 31.1 Å². The second kappa shape index (κ2) is 5.90. The highest BCUT2D eigenvalue weighted by Gasteiger charge is 2.26. The molecule has 0 radical (unpaired) electrons. The van der Waals surface area contributed by atoms with Gasteiger partial charge in [0.05, 0.1) is 27.1 Å². The maximum Gasteiger partial charge on any atom is 0.341 e. The Bertz CT molecular complexity index is 796. The van der Waals surface area contributed by atoms with Crippen LogP contribution in [-0.4, -0.2) is 31.2 Å². The maximum atomic E-state index is 12.3. The van der Waals surface area contributed by atoms with Gasteiger partial charge in [0.25, 0.3) is 0 Å². The Morgan fingerprint density at radius 2 is 2.14 bits per heavy atom. The van der Waals surface area contributed by atoms with Crippen LogP contribution >= 0.6 is 22.9 Å². The zero-order valence-corrected chi connectivity index (χ0v) is 14.1. The normalized spacial score (nSPS) is 12.0. The zero-order chi connectivity index (χ0) is 15.8. The number of thiophene rings is 1. The number of esters is 1. The van der Waals surface area contributed by atoms with Gasteiger partial charge in [-0.25, -0.2) is 13.2 Å². The highest BCUT2D eigenvalue weighted by atomic mass is 35.5. The fourth-order valence-corrected chi connectivity index (χ4v) is 4.58. The van der Waals surface area contributed by atoms with E-state index in [0.29, 0.717) is 10.2 Å². The van der Waals surface area contributed by atoms with Gasteiger partial charge < -0.3 is 4.74 Å². The highest BCUT2D eigenvalue weighted by molar-refractivity contribution is 7.92. The van der Waals surface area contributed by atoms with E-state index >= 15 is 0 Å². The molecule has 0 unspecified atom stereocenters. The monoisotopic (exact) mass is 347 g/mol. The van der Waals surface area contributed by atoms with Crippen LogP contribution in [0.25, 0.3) is 10.2 Å². The van der Waals surface area contributed by atoms with Gasteiger partial charge in [0, 0.05) is 11.6 Å². The van der Waals surface area contributed by atoms with Crippen LogP contribution in [0.4, 0.5) is 0 Å². The number of hydrogen-bond donors (Lipinski definition) is 0. The van der Waals surface area contributed by atoms with Crippen molar-refractivity contribution >= 4 is 49.0 Å². The SMILES string of the molecule is CCOC(=O)c1cnc2c(S(=O)(=O)C(C)C)csc2c1Cl. The topological polar surface area (TPSA) is 73.3 Å². The lowest BCUT2D eigenvalue weighted by molar-refractivity contribution is 0.0526.